The Bertz CT molecular complexity index is 868. The molecule has 1 heterocycles. The lowest BCUT2D eigenvalue weighted by molar-refractivity contribution is 0.192. The summed E-state index contributed by atoms with van der Waals surface area (Å²) in [6.07, 6.45) is 5.67. The van der Waals surface area contributed by atoms with Crippen LogP contribution in [0.5, 0.6) is 0 Å². The van der Waals surface area contributed by atoms with Crippen molar-refractivity contribution >= 4 is 30.9 Å². The van der Waals surface area contributed by atoms with Gasteiger partial charge in [0.25, 0.3) is 0 Å². The fourth-order valence-electron chi connectivity index (χ4n) is 3.56. The second-order valence-corrected chi connectivity index (χ2v) is 10.9. The minimum Gasteiger partial charge on any atom is -0.330 e. The fraction of sp³-hybridized carbons (Fsp3) is 0.550. The average Bonchev–Trinajstić information content (AvgIpc) is 3.10. The Hall–Kier alpha value is -0.730. The van der Waals surface area contributed by atoms with E-state index in [4.69, 9.17) is 20.5 Å². The van der Waals surface area contributed by atoms with E-state index in [1.807, 2.05) is 11.8 Å². The van der Waals surface area contributed by atoms with Crippen LogP contribution in [0.2, 0.25) is 0 Å². The molecule has 1 aromatic carbocycles. The number of aromatic nitrogens is 1. The molecule has 29 heavy (non-hydrogen) atoms. The molecule has 0 fully saturated rings. The number of thiazole rings is 1. The van der Waals surface area contributed by atoms with Gasteiger partial charge in [-0.25, -0.2) is 9.55 Å². The first-order valence-electron chi connectivity index (χ1n) is 10.1. The normalized spacial score (nSPS) is 14.5. The molecule has 0 spiro atoms. The molecular formula is C20H29N2O4PS2. The summed E-state index contributed by atoms with van der Waals surface area (Å²) < 4.78 is 16.5. The summed E-state index contributed by atoms with van der Waals surface area (Å²) in [7, 11) is -4.40. The maximum atomic E-state index is 10.8. The Morgan fingerprint density at radius 3 is 2.90 bits per heavy atom. The van der Waals surface area contributed by atoms with Crippen LogP contribution in [0.25, 0.3) is 10.4 Å². The Balaban J connectivity index is 1.68. The highest BCUT2D eigenvalue weighted by atomic mass is 32.2. The van der Waals surface area contributed by atoms with E-state index in [2.05, 4.69) is 29.6 Å². The van der Waals surface area contributed by atoms with E-state index in [0.717, 1.165) is 25.0 Å². The highest BCUT2D eigenvalue weighted by molar-refractivity contribution is 8.01. The SMILES string of the molecule is CCCCSc1nc2c(s1)-c1ccc([C@H](CN)CCCOP(=O)(O)O)cc1CC2. The first-order chi connectivity index (χ1) is 13.9. The van der Waals surface area contributed by atoms with Gasteiger partial charge in [-0.1, -0.05) is 43.3 Å². The molecule has 6 nitrogen and oxygen atoms in total. The number of hydrogen-bond donors (Lipinski definition) is 3. The molecule has 0 unspecified atom stereocenters. The summed E-state index contributed by atoms with van der Waals surface area (Å²) in [6.45, 7) is 2.74. The summed E-state index contributed by atoms with van der Waals surface area (Å²) in [4.78, 5) is 23.7. The molecule has 0 amide bonds. The summed E-state index contributed by atoms with van der Waals surface area (Å²) in [5, 5.41) is 0. The van der Waals surface area contributed by atoms with Gasteiger partial charge in [0.05, 0.1) is 17.2 Å². The first-order valence-corrected chi connectivity index (χ1v) is 13.4. The lowest BCUT2D eigenvalue weighted by Gasteiger charge is -2.20. The summed E-state index contributed by atoms with van der Waals surface area (Å²) in [5.74, 6) is 1.28. The van der Waals surface area contributed by atoms with Crippen molar-refractivity contribution in [3.8, 4) is 10.4 Å². The highest BCUT2D eigenvalue weighted by Crippen LogP contribution is 2.42. The third-order valence-corrected chi connectivity index (χ3v) is 8.00. The van der Waals surface area contributed by atoms with Crippen LogP contribution in [-0.2, 0) is 21.9 Å². The molecule has 0 radical (unpaired) electrons. The zero-order valence-electron chi connectivity index (χ0n) is 16.7. The smallest absolute Gasteiger partial charge is 0.330 e. The van der Waals surface area contributed by atoms with Crippen molar-refractivity contribution in [1.29, 1.82) is 0 Å². The van der Waals surface area contributed by atoms with E-state index in [-0.39, 0.29) is 12.5 Å². The Morgan fingerprint density at radius 2 is 2.17 bits per heavy atom. The highest BCUT2D eigenvalue weighted by Gasteiger charge is 2.22. The quantitative estimate of drug-likeness (QED) is 0.255. The van der Waals surface area contributed by atoms with Crippen LogP contribution in [0.4, 0.5) is 0 Å². The Morgan fingerprint density at radius 1 is 1.34 bits per heavy atom. The van der Waals surface area contributed by atoms with Crippen LogP contribution >= 0.6 is 30.9 Å². The first kappa shape index (κ1) is 22.9. The molecule has 1 aliphatic rings. The summed E-state index contributed by atoms with van der Waals surface area (Å²) >= 11 is 3.67. The second-order valence-electron chi connectivity index (χ2n) is 7.27. The molecule has 1 aliphatic carbocycles. The molecule has 0 bridgehead atoms. The van der Waals surface area contributed by atoms with Crippen LogP contribution in [0.1, 0.15) is 55.3 Å². The van der Waals surface area contributed by atoms with E-state index in [9.17, 15) is 4.57 Å². The van der Waals surface area contributed by atoms with Crippen molar-refractivity contribution in [3.63, 3.8) is 0 Å². The molecule has 9 heteroatoms. The maximum absolute atomic E-state index is 10.8. The molecule has 0 saturated carbocycles. The number of fused-ring (bicyclic) bond motifs is 3. The number of nitrogens with zero attached hydrogens (tertiary/aromatic N) is 1. The molecule has 0 saturated heterocycles. The van der Waals surface area contributed by atoms with Gasteiger partial charge in [0.1, 0.15) is 0 Å². The lowest BCUT2D eigenvalue weighted by atomic mass is 9.87. The number of phosphoric ester groups is 1. The van der Waals surface area contributed by atoms with Gasteiger partial charge in [0.15, 0.2) is 4.34 Å². The molecule has 1 atom stereocenters. The number of benzene rings is 1. The van der Waals surface area contributed by atoms with Crippen LogP contribution < -0.4 is 5.73 Å². The predicted molar refractivity (Wildman–Crippen MR) is 120 cm³/mol. The van der Waals surface area contributed by atoms with Gasteiger partial charge in [0, 0.05) is 5.75 Å². The number of hydrogen-bond acceptors (Lipinski definition) is 6. The number of unbranched alkanes of at least 4 members (excludes halogenated alkanes) is 1. The van der Waals surface area contributed by atoms with Crippen LogP contribution in [0.3, 0.4) is 0 Å². The molecular weight excluding hydrogens is 427 g/mol. The zero-order chi connectivity index (χ0) is 20.9. The van der Waals surface area contributed by atoms with Gasteiger partial charge in [0.2, 0.25) is 0 Å². The van der Waals surface area contributed by atoms with Gasteiger partial charge in [-0.15, -0.1) is 11.3 Å². The van der Waals surface area contributed by atoms with Crippen LogP contribution in [0, 0.1) is 0 Å². The number of aryl methyl sites for hydroxylation is 2. The monoisotopic (exact) mass is 456 g/mol. The summed E-state index contributed by atoms with van der Waals surface area (Å²) in [6, 6.07) is 6.58. The Labute approximate surface area is 180 Å². The summed E-state index contributed by atoms with van der Waals surface area (Å²) in [5.41, 5.74) is 11.0. The van der Waals surface area contributed by atoms with Gasteiger partial charge in [-0.05, 0) is 61.3 Å². The number of rotatable bonds is 11. The van der Waals surface area contributed by atoms with Crippen molar-refractivity contribution in [2.45, 2.75) is 55.7 Å². The minimum absolute atomic E-state index is 0.0361. The van der Waals surface area contributed by atoms with E-state index in [1.54, 1.807) is 11.3 Å². The second kappa shape index (κ2) is 10.5. The zero-order valence-corrected chi connectivity index (χ0v) is 19.2. The van der Waals surface area contributed by atoms with Gasteiger partial charge >= 0.3 is 7.82 Å². The van der Waals surface area contributed by atoms with Crippen molar-refractivity contribution in [2.24, 2.45) is 5.73 Å². The van der Waals surface area contributed by atoms with Gasteiger partial charge in [-0.3, -0.25) is 4.52 Å². The molecule has 0 aliphatic heterocycles. The van der Waals surface area contributed by atoms with Crippen molar-refractivity contribution in [1.82, 2.24) is 4.98 Å². The lowest BCUT2D eigenvalue weighted by Crippen LogP contribution is -2.14. The predicted octanol–water partition coefficient (Wildman–Crippen LogP) is 4.73. The van der Waals surface area contributed by atoms with Gasteiger partial charge < -0.3 is 15.5 Å². The van der Waals surface area contributed by atoms with Gasteiger partial charge in [-0.2, -0.15) is 0 Å². The topological polar surface area (TPSA) is 106 Å². The molecule has 3 rings (SSSR count). The molecule has 1 aromatic heterocycles. The molecule has 4 N–H and O–H groups in total. The van der Waals surface area contributed by atoms with Crippen molar-refractivity contribution in [2.75, 3.05) is 18.9 Å². The standard InChI is InChI=1S/C20H29N2O4PS2/c1-2-3-11-28-20-22-18-9-7-15-12-14(6-8-17(15)19(18)29-20)16(13-21)5-4-10-26-27(23,24)25/h6,8,12,16H,2-5,7,9-11,13,21H2,1H3,(H2,23,24,25)/t16-/m0/s1. The minimum atomic E-state index is -4.40. The van der Waals surface area contributed by atoms with E-state index < -0.39 is 7.82 Å². The van der Waals surface area contributed by atoms with Crippen molar-refractivity contribution in [3.05, 3.63) is 35.0 Å². The largest absolute Gasteiger partial charge is 0.469 e. The van der Waals surface area contributed by atoms with Crippen LogP contribution in [0.15, 0.2) is 22.5 Å². The van der Waals surface area contributed by atoms with E-state index in [1.165, 1.54) is 44.4 Å². The number of thioether (sulfide) groups is 1. The third kappa shape index (κ3) is 6.37. The molecule has 160 valence electrons. The average molecular weight is 457 g/mol. The molecule has 2 aromatic rings. The van der Waals surface area contributed by atoms with E-state index in [0.29, 0.717) is 13.0 Å². The van der Waals surface area contributed by atoms with Crippen LogP contribution in [-0.4, -0.2) is 33.7 Å². The van der Waals surface area contributed by atoms with E-state index >= 15 is 0 Å². The number of phosphoric acid groups is 1. The third-order valence-electron chi connectivity index (χ3n) is 5.12. The fourth-order valence-corrected chi connectivity index (χ4v) is 6.35. The maximum Gasteiger partial charge on any atom is 0.469 e. The number of nitrogens with two attached hydrogens (primary N) is 1. The Kier molecular flexibility index (Phi) is 8.33. The van der Waals surface area contributed by atoms with Crippen molar-refractivity contribution < 1.29 is 18.9 Å².